The summed E-state index contributed by atoms with van der Waals surface area (Å²) in [4.78, 5) is 24.5. The highest BCUT2D eigenvalue weighted by Crippen LogP contribution is 2.22. The number of halogens is 3. The van der Waals surface area contributed by atoms with Crippen LogP contribution in [0.15, 0.2) is 18.2 Å². The van der Waals surface area contributed by atoms with E-state index in [1.807, 2.05) is 6.92 Å². The van der Waals surface area contributed by atoms with Gasteiger partial charge < -0.3 is 10.1 Å². The Morgan fingerprint density at radius 1 is 1.37 bits per heavy atom. The molecular weight excluding hydrogens is 380 g/mol. The normalized spacial score (nSPS) is 11.9. The summed E-state index contributed by atoms with van der Waals surface area (Å²) in [7, 11) is 0. The van der Waals surface area contributed by atoms with Crippen LogP contribution in [-0.4, -0.2) is 27.8 Å². The van der Waals surface area contributed by atoms with Crippen LogP contribution in [0.2, 0.25) is 5.15 Å². The number of hydrogen-bond acceptors (Lipinski definition) is 4. The molecule has 0 aliphatic carbocycles. The van der Waals surface area contributed by atoms with Gasteiger partial charge in [0.15, 0.2) is 6.10 Å². The van der Waals surface area contributed by atoms with E-state index in [2.05, 4.69) is 10.4 Å². The van der Waals surface area contributed by atoms with Gasteiger partial charge in [0.2, 0.25) is 0 Å². The fourth-order valence-electron chi connectivity index (χ4n) is 2.34. The maximum Gasteiger partial charge on any atom is 0.343 e. The minimum absolute atomic E-state index is 0.0735. The van der Waals surface area contributed by atoms with E-state index in [-0.39, 0.29) is 16.4 Å². The van der Waals surface area contributed by atoms with Gasteiger partial charge >= 0.3 is 5.97 Å². The molecule has 9 heteroatoms. The number of aryl methyl sites for hydroxylation is 2. The number of benzene rings is 1. The summed E-state index contributed by atoms with van der Waals surface area (Å²) in [6.45, 7) is 5.49. The SMILES string of the molecule is CCCCn1nc(C)c(C(=O)O[C@H](C)C(=O)Nc2cc(F)ccc2F)c1Cl. The van der Waals surface area contributed by atoms with Crippen LogP contribution in [0, 0.1) is 18.6 Å². The summed E-state index contributed by atoms with van der Waals surface area (Å²) in [5.74, 6) is -3.14. The third kappa shape index (κ3) is 5.03. The van der Waals surface area contributed by atoms with Gasteiger partial charge in [0, 0.05) is 12.6 Å². The van der Waals surface area contributed by atoms with E-state index < -0.39 is 29.6 Å². The highest BCUT2D eigenvalue weighted by molar-refractivity contribution is 6.32. The molecule has 0 radical (unpaired) electrons. The summed E-state index contributed by atoms with van der Waals surface area (Å²) >= 11 is 6.20. The maximum atomic E-state index is 13.6. The number of rotatable bonds is 7. The first-order chi connectivity index (χ1) is 12.7. The van der Waals surface area contributed by atoms with Crippen LogP contribution >= 0.6 is 11.6 Å². The largest absolute Gasteiger partial charge is 0.449 e. The molecule has 0 saturated heterocycles. The summed E-state index contributed by atoms with van der Waals surface area (Å²) in [6, 6.07) is 2.64. The van der Waals surface area contributed by atoms with E-state index in [4.69, 9.17) is 16.3 Å². The zero-order chi connectivity index (χ0) is 20.1. The molecule has 0 bridgehead atoms. The molecule has 0 fully saturated rings. The van der Waals surface area contributed by atoms with Crippen molar-refractivity contribution < 1.29 is 23.1 Å². The zero-order valence-electron chi connectivity index (χ0n) is 15.2. The molecule has 0 spiro atoms. The third-order valence-electron chi connectivity index (χ3n) is 3.83. The lowest BCUT2D eigenvalue weighted by molar-refractivity contribution is -0.123. The van der Waals surface area contributed by atoms with Gasteiger partial charge in [-0.3, -0.25) is 9.48 Å². The molecule has 0 aliphatic heterocycles. The Hall–Kier alpha value is -2.48. The molecule has 2 rings (SSSR count). The van der Waals surface area contributed by atoms with E-state index in [9.17, 15) is 18.4 Å². The molecule has 1 aromatic carbocycles. The summed E-state index contributed by atoms with van der Waals surface area (Å²) < 4.78 is 33.4. The van der Waals surface area contributed by atoms with Crippen molar-refractivity contribution >= 4 is 29.2 Å². The van der Waals surface area contributed by atoms with Crippen molar-refractivity contribution in [2.24, 2.45) is 0 Å². The minimum Gasteiger partial charge on any atom is -0.449 e. The van der Waals surface area contributed by atoms with Crippen molar-refractivity contribution in [3.63, 3.8) is 0 Å². The van der Waals surface area contributed by atoms with Crippen molar-refractivity contribution in [1.82, 2.24) is 9.78 Å². The van der Waals surface area contributed by atoms with E-state index in [0.717, 1.165) is 31.0 Å². The Kier molecular flexibility index (Phi) is 6.90. The van der Waals surface area contributed by atoms with Crippen molar-refractivity contribution in [3.05, 3.63) is 46.2 Å². The summed E-state index contributed by atoms with van der Waals surface area (Å²) in [5, 5.41) is 6.52. The molecule has 1 aromatic heterocycles. The van der Waals surface area contributed by atoms with Crippen LogP contribution in [0.25, 0.3) is 0 Å². The van der Waals surface area contributed by atoms with Gasteiger partial charge in [0.1, 0.15) is 22.4 Å². The molecule has 1 heterocycles. The lowest BCUT2D eigenvalue weighted by atomic mass is 10.2. The molecule has 0 saturated carbocycles. The Labute approximate surface area is 160 Å². The number of nitrogens with one attached hydrogen (secondary N) is 1. The van der Waals surface area contributed by atoms with Gasteiger partial charge in [0.25, 0.3) is 5.91 Å². The van der Waals surface area contributed by atoms with Crippen LogP contribution in [0.5, 0.6) is 0 Å². The van der Waals surface area contributed by atoms with Crippen molar-refractivity contribution in [3.8, 4) is 0 Å². The number of unbranched alkanes of at least 4 members (excludes halogenated alkanes) is 1. The standard InChI is InChI=1S/C18H20ClF2N3O3/c1-4-5-8-24-16(19)15(10(2)23-24)18(26)27-11(3)17(25)22-14-9-12(20)6-7-13(14)21/h6-7,9,11H,4-5,8H2,1-3H3,(H,22,25)/t11-/m1/s1. The molecule has 1 atom stereocenters. The number of aromatic nitrogens is 2. The Balaban J connectivity index is 2.07. The molecule has 1 amide bonds. The Bertz CT molecular complexity index is 855. The van der Waals surface area contributed by atoms with E-state index >= 15 is 0 Å². The van der Waals surface area contributed by atoms with Gasteiger partial charge in [-0.25, -0.2) is 13.6 Å². The van der Waals surface area contributed by atoms with Crippen LogP contribution in [0.1, 0.15) is 42.7 Å². The smallest absolute Gasteiger partial charge is 0.343 e. The number of ether oxygens (including phenoxy) is 1. The molecule has 0 aliphatic rings. The van der Waals surface area contributed by atoms with Crippen molar-refractivity contribution in [1.29, 1.82) is 0 Å². The molecular formula is C18H20ClF2N3O3. The zero-order valence-corrected chi connectivity index (χ0v) is 15.9. The number of amides is 1. The number of carbonyl (C=O) groups excluding carboxylic acids is 2. The first-order valence-corrected chi connectivity index (χ1v) is 8.82. The van der Waals surface area contributed by atoms with Gasteiger partial charge in [-0.05, 0) is 32.4 Å². The number of carbonyl (C=O) groups is 2. The highest BCUT2D eigenvalue weighted by Gasteiger charge is 2.26. The monoisotopic (exact) mass is 399 g/mol. The lowest BCUT2D eigenvalue weighted by Gasteiger charge is -2.14. The minimum atomic E-state index is -1.25. The maximum absolute atomic E-state index is 13.6. The van der Waals surface area contributed by atoms with E-state index in [1.54, 1.807) is 6.92 Å². The van der Waals surface area contributed by atoms with E-state index in [1.165, 1.54) is 11.6 Å². The molecule has 6 nitrogen and oxygen atoms in total. The van der Waals surface area contributed by atoms with Gasteiger partial charge in [-0.15, -0.1) is 0 Å². The average Bonchev–Trinajstić information content (AvgIpc) is 2.89. The van der Waals surface area contributed by atoms with Gasteiger partial charge in [-0.2, -0.15) is 5.10 Å². The quantitative estimate of drug-likeness (QED) is 0.711. The van der Waals surface area contributed by atoms with Crippen LogP contribution < -0.4 is 5.32 Å². The summed E-state index contributed by atoms with van der Waals surface area (Å²) in [5.41, 5.74) is 0.110. The average molecular weight is 400 g/mol. The first-order valence-electron chi connectivity index (χ1n) is 8.44. The van der Waals surface area contributed by atoms with Gasteiger partial charge in [-0.1, -0.05) is 24.9 Å². The number of hydrogen-bond donors (Lipinski definition) is 1. The van der Waals surface area contributed by atoms with Crippen molar-refractivity contribution in [2.45, 2.75) is 46.3 Å². The molecule has 1 N–H and O–H groups in total. The third-order valence-corrected chi connectivity index (χ3v) is 4.22. The first kappa shape index (κ1) is 20.8. The molecule has 2 aromatic rings. The molecule has 27 heavy (non-hydrogen) atoms. The highest BCUT2D eigenvalue weighted by atomic mass is 35.5. The topological polar surface area (TPSA) is 73.2 Å². The van der Waals surface area contributed by atoms with Crippen LogP contribution in [0.3, 0.4) is 0 Å². The molecule has 146 valence electrons. The van der Waals surface area contributed by atoms with E-state index in [0.29, 0.717) is 12.2 Å². The second-order valence-corrected chi connectivity index (χ2v) is 6.35. The predicted octanol–water partition coefficient (Wildman–Crippen LogP) is 4.11. The lowest BCUT2D eigenvalue weighted by Crippen LogP contribution is -2.30. The summed E-state index contributed by atoms with van der Waals surface area (Å²) in [6.07, 6.45) is 0.519. The number of nitrogens with zero attached hydrogens (tertiary/aromatic N) is 2. The fraction of sp³-hybridized carbons (Fsp3) is 0.389. The predicted molar refractivity (Wildman–Crippen MR) is 96.7 cm³/mol. The number of esters is 1. The van der Waals surface area contributed by atoms with Crippen LogP contribution in [-0.2, 0) is 16.1 Å². The van der Waals surface area contributed by atoms with Crippen LogP contribution in [0.4, 0.5) is 14.5 Å². The molecule has 0 unspecified atom stereocenters. The Morgan fingerprint density at radius 3 is 2.74 bits per heavy atom. The number of anilines is 1. The fourth-order valence-corrected chi connectivity index (χ4v) is 2.68. The van der Waals surface area contributed by atoms with Gasteiger partial charge in [0.05, 0.1) is 11.4 Å². The second-order valence-electron chi connectivity index (χ2n) is 5.99. The van der Waals surface area contributed by atoms with Crippen molar-refractivity contribution in [2.75, 3.05) is 5.32 Å². The second kappa shape index (κ2) is 8.94. The Morgan fingerprint density at radius 2 is 2.07 bits per heavy atom.